The van der Waals surface area contributed by atoms with Gasteiger partial charge in [0.1, 0.15) is 12.3 Å². The van der Waals surface area contributed by atoms with Crippen LogP contribution in [0.3, 0.4) is 0 Å². The molecule has 0 bridgehead atoms. The molecule has 0 aliphatic carbocycles. The second-order valence-corrected chi connectivity index (χ2v) is 5.61. The summed E-state index contributed by atoms with van der Waals surface area (Å²) in [7, 11) is 0. The first-order valence-electron chi connectivity index (χ1n) is 7.75. The number of amides is 1. The minimum atomic E-state index is -4.76. The highest BCUT2D eigenvalue weighted by Gasteiger charge is 2.30. The number of benzene rings is 1. The molecule has 3 aromatic rings. The average molecular weight is 381 g/mol. The molecule has 2 heterocycles. The predicted molar refractivity (Wildman–Crippen MR) is 87.0 cm³/mol. The van der Waals surface area contributed by atoms with Crippen LogP contribution in [0.25, 0.3) is 5.65 Å². The molecular weight excluding hydrogens is 367 g/mol. The quantitative estimate of drug-likeness (QED) is 0.722. The second-order valence-electron chi connectivity index (χ2n) is 5.61. The number of hydrogen-bond donors (Lipinski definition) is 1. The standard InChI is InChI=1S/C16H14F3N5O3/c1-10-14-22-24(15(26)23(14)7-6-20-10)9-13(25)21-8-11-2-4-12(5-3-11)27-16(17,18)19/h2-7H,8-9H2,1H3,(H,21,25). The molecule has 0 atom stereocenters. The molecule has 142 valence electrons. The van der Waals surface area contributed by atoms with Crippen molar-refractivity contribution >= 4 is 11.6 Å². The summed E-state index contributed by atoms with van der Waals surface area (Å²) in [5, 5.41) is 6.65. The van der Waals surface area contributed by atoms with Crippen LogP contribution in [0.5, 0.6) is 5.75 Å². The van der Waals surface area contributed by atoms with Gasteiger partial charge >= 0.3 is 12.1 Å². The lowest BCUT2D eigenvalue weighted by Gasteiger charge is -2.09. The SMILES string of the molecule is Cc1nccn2c(=O)n(CC(=O)NCc3ccc(OC(F)(F)F)cc3)nc12. The Morgan fingerprint density at radius 3 is 2.59 bits per heavy atom. The van der Waals surface area contributed by atoms with Crippen LogP contribution in [0.15, 0.2) is 41.5 Å². The molecule has 2 aromatic heterocycles. The molecule has 1 aromatic carbocycles. The first kappa shape index (κ1) is 18.4. The van der Waals surface area contributed by atoms with Gasteiger partial charge in [-0.2, -0.15) is 0 Å². The fourth-order valence-corrected chi connectivity index (χ4v) is 2.38. The van der Waals surface area contributed by atoms with Gasteiger partial charge in [-0.15, -0.1) is 18.3 Å². The summed E-state index contributed by atoms with van der Waals surface area (Å²) < 4.78 is 42.4. The van der Waals surface area contributed by atoms with Gasteiger partial charge in [0.15, 0.2) is 5.65 Å². The number of nitrogens with zero attached hydrogens (tertiary/aromatic N) is 4. The largest absolute Gasteiger partial charge is 0.573 e. The van der Waals surface area contributed by atoms with E-state index in [1.807, 2.05) is 0 Å². The first-order chi connectivity index (χ1) is 12.7. The van der Waals surface area contributed by atoms with Gasteiger partial charge < -0.3 is 10.1 Å². The summed E-state index contributed by atoms with van der Waals surface area (Å²) in [6.45, 7) is 1.47. The van der Waals surface area contributed by atoms with Gasteiger partial charge in [-0.3, -0.25) is 9.78 Å². The molecule has 11 heteroatoms. The van der Waals surface area contributed by atoms with E-state index in [0.29, 0.717) is 16.9 Å². The number of halogens is 3. The number of fused-ring (bicyclic) bond motifs is 1. The molecule has 8 nitrogen and oxygen atoms in total. The lowest BCUT2D eigenvalue weighted by molar-refractivity contribution is -0.274. The Bertz CT molecular complexity index is 1020. The van der Waals surface area contributed by atoms with E-state index in [1.54, 1.807) is 6.92 Å². The molecular formula is C16H14F3N5O3. The van der Waals surface area contributed by atoms with E-state index in [4.69, 9.17) is 0 Å². The summed E-state index contributed by atoms with van der Waals surface area (Å²) in [5.74, 6) is -0.820. The molecule has 0 fully saturated rings. The molecule has 0 unspecified atom stereocenters. The van der Waals surface area contributed by atoms with E-state index in [2.05, 4.69) is 20.1 Å². The zero-order valence-corrected chi connectivity index (χ0v) is 14.0. The van der Waals surface area contributed by atoms with Gasteiger partial charge in [-0.05, 0) is 24.6 Å². The Morgan fingerprint density at radius 2 is 1.96 bits per heavy atom. The summed E-state index contributed by atoms with van der Waals surface area (Å²) in [4.78, 5) is 28.3. The molecule has 0 aliphatic heterocycles. The summed E-state index contributed by atoms with van der Waals surface area (Å²) >= 11 is 0. The van der Waals surface area contributed by atoms with Crippen molar-refractivity contribution in [2.45, 2.75) is 26.4 Å². The smallest absolute Gasteiger partial charge is 0.406 e. The highest BCUT2D eigenvalue weighted by atomic mass is 19.4. The van der Waals surface area contributed by atoms with Crippen LogP contribution in [-0.2, 0) is 17.9 Å². The van der Waals surface area contributed by atoms with Crippen molar-refractivity contribution in [3.63, 3.8) is 0 Å². The highest BCUT2D eigenvalue weighted by Crippen LogP contribution is 2.22. The number of ether oxygens (including phenoxy) is 1. The van der Waals surface area contributed by atoms with Crippen molar-refractivity contribution in [2.24, 2.45) is 0 Å². The fraction of sp³-hybridized carbons (Fsp3) is 0.250. The monoisotopic (exact) mass is 381 g/mol. The van der Waals surface area contributed by atoms with Crippen molar-refractivity contribution < 1.29 is 22.7 Å². The van der Waals surface area contributed by atoms with Gasteiger partial charge in [-0.1, -0.05) is 12.1 Å². The van der Waals surface area contributed by atoms with Crippen molar-refractivity contribution in [3.05, 3.63) is 58.4 Å². The Hall–Kier alpha value is -3.37. The number of rotatable bonds is 5. The Balaban J connectivity index is 1.61. The van der Waals surface area contributed by atoms with Crippen LogP contribution in [0.4, 0.5) is 13.2 Å². The van der Waals surface area contributed by atoms with Gasteiger partial charge in [0, 0.05) is 18.9 Å². The summed E-state index contributed by atoms with van der Waals surface area (Å²) in [6, 6.07) is 5.09. The number of aryl methyl sites for hydroxylation is 1. The van der Waals surface area contributed by atoms with E-state index in [0.717, 1.165) is 16.8 Å². The Kier molecular flexibility index (Phi) is 4.84. The maximum absolute atomic E-state index is 12.2. The molecule has 0 spiro atoms. The topological polar surface area (TPSA) is 90.5 Å². The number of carbonyl (C=O) groups is 1. The van der Waals surface area contributed by atoms with Crippen molar-refractivity contribution in [1.82, 2.24) is 24.5 Å². The predicted octanol–water partition coefficient (Wildman–Crippen LogP) is 1.41. The van der Waals surface area contributed by atoms with Gasteiger partial charge in [0.25, 0.3) is 0 Å². The molecule has 0 saturated carbocycles. The second kappa shape index (κ2) is 7.09. The average Bonchev–Trinajstić information content (AvgIpc) is 2.91. The zero-order valence-electron chi connectivity index (χ0n) is 14.0. The number of aromatic nitrogens is 4. The zero-order chi connectivity index (χ0) is 19.6. The lowest BCUT2D eigenvalue weighted by atomic mass is 10.2. The maximum atomic E-state index is 12.2. The van der Waals surface area contributed by atoms with E-state index in [-0.39, 0.29) is 18.8 Å². The molecule has 0 radical (unpaired) electrons. The summed E-state index contributed by atoms with van der Waals surface area (Å²) in [6.07, 6.45) is -1.84. The van der Waals surface area contributed by atoms with Crippen molar-refractivity contribution in [3.8, 4) is 5.75 Å². The molecule has 0 saturated heterocycles. The third-order valence-corrected chi connectivity index (χ3v) is 3.62. The van der Waals surface area contributed by atoms with Gasteiger partial charge in [-0.25, -0.2) is 13.9 Å². The highest BCUT2D eigenvalue weighted by molar-refractivity contribution is 5.75. The number of carbonyl (C=O) groups excluding carboxylic acids is 1. The van der Waals surface area contributed by atoms with E-state index >= 15 is 0 Å². The number of hydrogen-bond acceptors (Lipinski definition) is 5. The minimum absolute atomic E-state index is 0.0772. The Labute approximate surface area is 150 Å². The first-order valence-corrected chi connectivity index (χ1v) is 7.75. The van der Waals surface area contributed by atoms with E-state index < -0.39 is 18.0 Å². The molecule has 3 rings (SSSR count). The van der Waals surface area contributed by atoms with Crippen LogP contribution in [0, 0.1) is 6.92 Å². The van der Waals surface area contributed by atoms with Crippen LogP contribution < -0.4 is 15.7 Å². The van der Waals surface area contributed by atoms with Crippen LogP contribution in [0.2, 0.25) is 0 Å². The fourth-order valence-electron chi connectivity index (χ4n) is 2.38. The van der Waals surface area contributed by atoms with E-state index in [9.17, 15) is 22.8 Å². The molecule has 27 heavy (non-hydrogen) atoms. The molecule has 1 amide bonds. The summed E-state index contributed by atoms with van der Waals surface area (Å²) in [5.41, 5.74) is 1.00. The van der Waals surface area contributed by atoms with Crippen LogP contribution in [-0.4, -0.2) is 31.4 Å². The van der Waals surface area contributed by atoms with Crippen molar-refractivity contribution in [2.75, 3.05) is 0 Å². The van der Waals surface area contributed by atoms with Crippen LogP contribution >= 0.6 is 0 Å². The lowest BCUT2D eigenvalue weighted by Crippen LogP contribution is -2.32. The molecule has 1 N–H and O–H groups in total. The van der Waals surface area contributed by atoms with Crippen LogP contribution in [0.1, 0.15) is 11.3 Å². The van der Waals surface area contributed by atoms with Gasteiger partial charge in [0.2, 0.25) is 5.91 Å². The maximum Gasteiger partial charge on any atom is 0.573 e. The third-order valence-electron chi connectivity index (χ3n) is 3.62. The number of nitrogens with one attached hydrogen (secondary N) is 1. The van der Waals surface area contributed by atoms with E-state index in [1.165, 1.54) is 28.9 Å². The normalized spacial score (nSPS) is 11.6. The Morgan fingerprint density at radius 1 is 1.26 bits per heavy atom. The van der Waals surface area contributed by atoms with Gasteiger partial charge in [0.05, 0.1) is 5.69 Å². The minimum Gasteiger partial charge on any atom is -0.406 e. The number of alkyl halides is 3. The van der Waals surface area contributed by atoms with Crippen molar-refractivity contribution in [1.29, 1.82) is 0 Å². The third kappa shape index (κ3) is 4.43. The molecule has 0 aliphatic rings.